The van der Waals surface area contributed by atoms with E-state index in [-0.39, 0.29) is 0 Å². The van der Waals surface area contributed by atoms with Crippen LogP contribution in [0.2, 0.25) is 5.02 Å². The molecule has 0 saturated heterocycles. The summed E-state index contributed by atoms with van der Waals surface area (Å²) in [4.78, 5) is 0. The minimum absolute atomic E-state index is 0.589. The van der Waals surface area contributed by atoms with Crippen molar-refractivity contribution in [3.05, 3.63) is 53.6 Å². The lowest BCUT2D eigenvalue weighted by atomic mass is 10.3. The molecule has 0 aliphatic rings. The molecule has 1 aromatic heterocycles. The molecule has 6 heteroatoms. The third kappa shape index (κ3) is 3.41. The molecule has 1 heterocycles. The maximum atomic E-state index is 6.00. The van der Waals surface area contributed by atoms with E-state index < -0.39 is 8.38 Å². The van der Waals surface area contributed by atoms with Crippen LogP contribution in [0.5, 0.6) is 0 Å². The van der Waals surface area contributed by atoms with E-state index in [1.807, 2.05) is 61.0 Å². The fraction of sp³-hybridized carbons (Fsp3) is 0.235. The highest BCUT2D eigenvalue weighted by Gasteiger charge is 2.23. The first-order valence-electron chi connectivity index (χ1n) is 7.54. The van der Waals surface area contributed by atoms with E-state index in [9.17, 15) is 0 Å². The van der Waals surface area contributed by atoms with Crippen molar-refractivity contribution in [2.75, 3.05) is 13.2 Å². The third-order valence-electron chi connectivity index (χ3n) is 3.29. The van der Waals surface area contributed by atoms with Crippen LogP contribution in [-0.2, 0) is 9.05 Å². The summed E-state index contributed by atoms with van der Waals surface area (Å²) in [6.45, 7) is 5.12. The van der Waals surface area contributed by atoms with Gasteiger partial charge in [0.1, 0.15) is 5.44 Å². The molecule has 0 aliphatic heterocycles. The number of nitrogens with zero attached hydrogens (tertiary/aromatic N) is 2. The largest absolute Gasteiger partial charge is 0.330 e. The van der Waals surface area contributed by atoms with E-state index >= 15 is 0 Å². The van der Waals surface area contributed by atoms with Crippen molar-refractivity contribution in [1.29, 1.82) is 0 Å². The van der Waals surface area contributed by atoms with E-state index in [0.29, 0.717) is 18.2 Å². The summed E-state index contributed by atoms with van der Waals surface area (Å²) in [6, 6.07) is 15.6. The Labute approximate surface area is 141 Å². The van der Waals surface area contributed by atoms with Gasteiger partial charge in [0.25, 0.3) is 0 Å². The predicted octanol–water partition coefficient (Wildman–Crippen LogP) is 4.69. The van der Waals surface area contributed by atoms with Gasteiger partial charge in [-0.3, -0.25) is 0 Å². The SMILES string of the molecule is CCOP(OCC)c1c2ccccc2nn1-c1ccc(Cl)cc1. The highest BCUT2D eigenvalue weighted by molar-refractivity contribution is 7.56. The van der Waals surface area contributed by atoms with Gasteiger partial charge in [0, 0.05) is 10.4 Å². The minimum Gasteiger partial charge on any atom is -0.330 e. The van der Waals surface area contributed by atoms with E-state index in [4.69, 9.17) is 25.7 Å². The van der Waals surface area contributed by atoms with E-state index in [0.717, 1.165) is 22.0 Å². The zero-order valence-corrected chi connectivity index (χ0v) is 14.7. The summed E-state index contributed by atoms with van der Waals surface area (Å²) >= 11 is 6.00. The number of rotatable bonds is 6. The molecule has 120 valence electrons. The summed E-state index contributed by atoms with van der Waals surface area (Å²) in [7, 11) is -1.20. The maximum Gasteiger partial charge on any atom is 0.225 e. The van der Waals surface area contributed by atoms with Crippen molar-refractivity contribution in [3.63, 3.8) is 0 Å². The molecule has 0 atom stereocenters. The smallest absolute Gasteiger partial charge is 0.225 e. The third-order valence-corrected chi connectivity index (χ3v) is 5.30. The van der Waals surface area contributed by atoms with E-state index in [2.05, 4.69) is 6.07 Å². The zero-order valence-electron chi connectivity index (χ0n) is 13.1. The maximum absolute atomic E-state index is 6.00. The summed E-state index contributed by atoms with van der Waals surface area (Å²) in [5, 5.41) is 6.48. The number of benzene rings is 2. The number of hydrogen-bond acceptors (Lipinski definition) is 3. The van der Waals surface area contributed by atoms with E-state index in [1.165, 1.54) is 0 Å². The summed E-state index contributed by atoms with van der Waals surface area (Å²) < 4.78 is 13.7. The monoisotopic (exact) mass is 348 g/mol. The van der Waals surface area contributed by atoms with Gasteiger partial charge in [0.05, 0.1) is 24.4 Å². The fourth-order valence-corrected chi connectivity index (χ4v) is 3.97. The minimum atomic E-state index is -1.20. The van der Waals surface area contributed by atoms with Crippen molar-refractivity contribution in [3.8, 4) is 5.69 Å². The lowest BCUT2D eigenvalue weighted by Gasteiger charge is -2.17. The zero-order chi connectivity index (χ0) is 16.2. The molecule has 0 aliphatic carbocycles. The van der Waals surface area contributed by atoms with Gasteiger partial charge in [-0.15, -0.1) is 0 Å². The Hall–Kier alpha value is -1.45. The van der Waals surface area contributed by atoms with Gasteiger partial charge in [-0.1, -0.05) is 29.8 Å². The molecule has 4 nitrogen and oxygen atoms in total. The second kappa shape index (κ2) is 7.41. The molecule has 23 heavy (non-hydrogen) atoms. The number of fused-ring (bicyclic) bond motifs is 1. The quantitative estimate of drug-likeness (QED) is 0.606. The van der Waals surface area contributed by atoms with Crippen molar-refractivity contribution >= 4 is 36.3 Å². The first kappa shape index (κ1) is 16.4. The predicted molar refractivity (Wildman–Crippen MR) is 95.9 cm³/mol. The molecule has 2 aromatic carbocycles. The van der Waals surface area contributed by atoms with Crippen LogP contribution in [0.15, 0.2) is 48.5 Å². The van der Waals surface area contributed by atoms with E-state index in [1.54, 1.807) is 0 Å². The number of aromatic nitrogens is 2. The van der Waals surface area contributed by atoms with Gasteiger partial charge in [-0.05, 0) is 44.2 Å². The fourth-order valence-electron chi connectivity index (χ4n) is 2.35. The number of hydrogen-bond donors (Lipinski definition) is 0. The molecular weight excluding hydrogens is 331 g/mol. The molecule has 0 spiro atoms. The van der Waals surface area contributed by atoms with Crippen LogP contribution in [0.3, 0.4) is 0 Å². The van der Waals surface area contributed by atoms with Crippen LogP contribution in [0.25, 0.3) is 16.6 Å². The topological polar surface area (TPSA) is 36.3 Å². The molecule has 0 amide bonds. The average Bonchev–Trinajstić information content (AvgIpc) is 2.94. The Balaban J connectivity index is 2.19. The van der Waals surface area contributed by atoms with Crippen molar-refractivity contribution in [2.24, 2.45) is 0 Å². The molecule has 0 N–H and O–H groups in total. The molecule has 0 unspecified atom stereocenters. The van der Waals surface area contributed by atoms with Gasteiger partial charge >= 0.3 is 0 Å². The molecular formula is C17H18ClN2O2P. The van der Waals surface area contributed by atoms with Crippen molar-refractivity contribution in [1.82, 2.24) is 9.78 Å². The van der Waals surface area contributed by atoms with Gasteiger partial charge in [0.15, 0.2) is 0 Å². The second-order valence-electron chi connectivity index (χ2n) is 4.82. The van der Waals surface area contributed by atoms with Crippen LogP contribution in [-0.4, -0.2) is 23.0 Å². The Kier molecular flexibility index (Phi) is 5.29. The lowest BCUT2D eigenvalue weighted by molar-refractivity contribution is 0.276. The van der Waals surface area contributed by atoms with Crippen LogP contribution in [0, 0.1) is 0 Å². The Morgan fingerprint density at radius 1 is 1.00 bits per heavy atom. The van der Waals surface area contributed by atoms with Crippen molar-refractivity contribution < 1.29 is 9.05 Å². The number of halogens is 1. The lowest BCUT2D eigenvalue weighted by Crippen LogP contribution is -2.18. The summed E-state index contributed by atoms with van der Waals surface area (Å²) in [5.74, 6) is 0. The van der Waals surface area contributed by atoms with Gasteiger partial charge in [0.2, 0.25) is 8.38 Å². The Morgan fingerprint density at radius 3 is 2.30 bits per heavy atom. The molecule has 3 aromatic rings. The van der Waals surface area contributed by atoms with Gasteiger partial charge in [-0.2, -0.15) is 5.10 Å². The van der Waals surface area contributed by atoms with Crippen molar-refractivity contribution in [2.45, 2.75) is 13.8 Å². The van der Waals surface area contributed by atoms with Gasteiger partial charge in [-0.25, -0.2) is 4.68 Å². The Morgan fingerprint density at radius 2 is 1.65 bits per heavy atom. The van der Waals surface area contributed by atoms with Gasteiger partial charge < -0.3 is 9.05 Å². The molecule has 0 radical (unpaired) electrons. The second-order valence-corrected chi connectivity index (χ2v) is 6.71. The summed E-state index contributed by atoms with van der Waals surface area (Å²) in [5.41, 5.74) is 2.82. The highest BCUT2D eigenvalue weighted by atomic mass is 35.5. The van der Waals surface area contributed by atoms with Crippen LogP contribution >= 0.6 is 20.0 Å². The standard InChI is InChI=1S/C17H18ClN2O2P/c1-3-21-23(22-4-2)17-15-7-5-6-8-16(15)19-20(17)14-11-9-13(18)10-12-14/h5-12H,3-4H2,1-2H3. The van der Waals surface area contributed by atoms with Crippen LogP contribution < -0.4 is 5.44 Å². The first-order chi connectivity index (χ1) is 11.2. The highest BCUT2D eigenvalue weighted by Crippen LogP contribution is 2.40. The normalized spacial score (nSPS) is 11.5. The molecule has 3 rings (SSSR count). The molecule has 0 bridgehead atoms. The first-order valence-corrected chi connectivity index (χ1v) is 9.09. The average molecular weight is 349 g/mol. The Bertz CT molecular complexity index is 783. The van der Waals surface area contributed by atoms with Crippen LogP contribution in [0.1, 0.15) is 13.8 Å². The molecule has 0 fully saturated rings. The summed E-state index contributed by atoms with van der Waals surface area (Å²) in [6.07, 6.45) is 0. The van der Waals surface area contributed by atoms with Crippen LogP contribution in [0.4, 0.5) is 0 Å². The molecule has 0 saturated carbocycles.